The molecule has 0 spiro atoms. The van der Waals surface area contributed by atoms with Crippen molar-refractivity contribution >= 4 is 23.4 Å². The third kappa shape index (κ3) is 4.16. The van der Waals surface area contributed by atoms with E-state index in [2.05, 4.69) is 5.32 Å². The highest BCUT2D eigenvalue weighted by molar-refractivity contribution is 6.30. The van der Waals surface area contributed by atoms with Crippen LogP contribution in [0, 0.1) is 12.7 Å². The number of hydrogen-bond acceptors (Lipinski definition) is 3. The average Bonchev–Trinajstić information content (AvgIpc) is 2.29. The first kappa shape index (κ1) is 14.7. The Bertz CT molecular complexity index is 438. The standard InChI is InChI=1S/C12H16ClFN2O2/c1-8-10(5-4-9(13)11(8)14)15-12(17)18-7-6-16(2)3/h4-5H,6-7H2,1-3H3,(H,15,17). The number of nitrogens with zero attached hydrogens (tertiary/aromatic N) is 1. The zero-order valence-corrected chi connectivity index (χ0v) is 11.3. The first-order valence-electron chi connectivity index (χ1n) is 5.45. The van der Waals surface area contributed by atoms with Gasteiger partial charge in [-0.2, -0.15) is 0 Å². The number of likely N-dealkylation sites (N-methyl/N-ethyl adjacent to an activating group) is 1. The number of ether oxygens (including phenoxy) is 1. The van der Waals surface area contributed by atoms with Gasteiger partial charge < -0.3 is 9.64 Å². The van der Waals surface area contributed by atoms with Gasteiger partial charge in [-0.1, -0.05) is 11.6 Å². The lowest BCUT2D eigenvalue weighted by molar-refractivity contribution is 0.151. The molecule has 0 aliphatic carbocycles. The third-order valence-corrected chi connectivity index (χ3v) is 2.64. The fourth-order valence-corrected chi connectivity index (χ4v) is 1.46. The molecule has 0 bridgehead atoms. The van der Waals surface area contributed by atoms with E-state index in [4.69, 9.17) is 16.3 Å². The second-order valence-electron chi connectivity index (χ2n) is 4.10. The Morgan fingerprint density at radius 1 is 1.50 bits per heavy atom. The van der Waals surface area contributed by atoms with E-state index in [0.717, 1.165) is 0 Å². The number of hydrogen-bond donors (Lipinski definition) is 1. The van der Waals surface area contributed by atoms with Crippen LogP contribution in [0.25, 0.3) is 0 Å². The lowest BCUT2D eigenvalue weighted by atomic mass is 10.2. The minimum absolute atomic E-state index is 0.0269. The first-order chi connectivity index (χ1) is 8.41. The first-order valence-corrected chi connectivity index (χ1v) is 5.82. The van der Waals surface area contributed by atoms with Crippen molar-refractivity contribution in [1.82, 2.24) is 4.90 Å². The molecule has 0 fully saturated rings. The molecular weight excluding hydrogens is 259 g/mol. The number of carbonyl (C=O) groups excluding carboxylic acids is 1. The molecule has 1 N–H and O–H groups in total. The molecule has 100 valence electrons. The number of rotatable bonds is 4. The molecule has 1 amide bonds. The maximum Gasteiger partial charge on any atom is 0.411 e. The minimum Gasteiger partial charge on any atom is -0.448 e. The van der Waals surface area contributed by atoms with Crippen molar-refractivity contribution < 1.29 is 13.9 Å². The highest BCUT2D eigenvalue weighted by atomic mass is 35.5. The van der Waals surface area contributed by atoms with E-state index in [1.54, 1.807) is 0 Å². The lowest BCUT2D eigenvalue weighted by Crippen LogP contribution is -2.22. The second-order valence-corrected chi connectivity index (χ2v) is 4.51. The predicted octanol–water partition coefficient (Wildman–Crippen LogP) is 2.90. The molecule has 0 heterocycles. The van der Waals surface area contributed by atoms with Crippen molar-refractivity contribution in [1.29, 1.82) is 0 Å². The van der Waals surface area contributed by atoms with Gasteiger partial charge in [-0.05, 0) is 33.2 Å². The lowest BCUT2D eigenvalue weighted by Gasteiger charge is -2.12. The summed E-state index contributed by atoms with van der Waals surface area (Å²) < 4.78 is 18.4. The van der Waals surface area contributed by atoms with Crippen molar-refractivity contribution in [3.05, 3.63) is 28.5 Å². The number of nitrogens with one attached hydrogen (secondary N) is 1. The Balaban J connectivity index is 2.57. The maximum atomic E-state index is 13.5. The van der Waals surface area contributed by atoms with E-state index < -0.39 is 11.9 Å². The van der Waals surface area contributed by atoms with Gasteiger partial charge in [-0.25, -0.2) is 9.18 Å². The summed E-state index contributed by atoms with van der Waals surface area (Å²) in [4.78, 5) is 13.3. The van der Waals surface area contributed by atoms with E-state index in [1.165, 1.54) is 19.1 Å². The van der Waals surface area contributed by atoms with Gasteiger partial charge in [0.05, 0.1) is 5.02 Å². The van der Waals surface area contributed by atoms with E-state index in [1.807, 2.05) is 19.0 Å². The van der Waals surface area contributed by atoms with Gasteiger partial charge >= 0.3 is 6.09 Å². The summed E-state index contributed by atoms with van der Waals surface area (Å²) in [5.74, 6) is -0.539. The smallest absolute Gasteiger partial charge is 0.411 e. The quantitative estimate of drug-likeness (QED) is 0.918. The molecule has 0 radical (unpaired) electrons. The molecule has 0 atom stereocenters. The Morgan fingerprint density at radius 2 is 2.17 bits per heavy atom. The molecule has 0 saturated carbocycles. The molecule has 1 aromatic carbocycles. The van der Waals surface area contributed by atoms with Crippen LogP contribution in [0.3, 0.4) is 0 Å². The van der Waals surface area contributed by atoms with E-state index in [-0.39, 0.29) is 17.2 Å². The van der Waals surface area contributed by atoms with Gasteiger partial charge in [0.1, 0.15) is 12.4 Å². The van der Waals surface area contributed by atoms with Gasteiger partial charge in [0.15, 0.2) is 0 Å². The van der Waals surface area contributed by atoms with Gasteiger partial charge in [0, 0.05) is 17.8 Å². The summed E-state index contributed by atoms with van der Waals surface area (Å²) >= 11 is 5.62. The van der Waals surface area contributed by atoms with Crippen LogP contribution in [0.2, 0.25) is 5.02 Å². The molecule has 0 aliphatic heterocycles. The molecule has 0 aliphatic rings. The molecule has 18 heavy (non-hydrogen) atoms. The molecule has 0 aromatic heterocycles. The monoisotopic (exact) mass is 274 g/mol. The van der Waals surface area contributed by atoms with Crippen LogP contribution in [0.5, 0.6) is 0 Å². The Morgan fingerprint density at radius 3 is 2.78 bits per heavy atom. The van der Waals surface area contributed by atoms with Crippen LogP contribution in [-0.4, -0.2) is 38.2 Å². The molecule has 0 unspecified atom stereocenters. The zero-order valence-electron chi connectivity index (χ0n) is 10.6. The largest absolute Gasteiger partial charge is 0.448 e. The Hall–Kier alpha value is -1.33. The average molecular weight is 275 g/mol. The van der Waals surface area contributed by atoms with Crippen molar-refractivity contribution in [2.45, 2.75) is 6.92 Å². The molecule has 1 rings (SSSR count). The van der Waals surface area contributed by atoms with Gasteiger partial charge in [0.2, 0.25) is 0 Å². The SMILES string of the molecule is Cc1c(NC(=O)OCCN(C)C)ccc(Cl)c1F. The predicted molar refractivity (Wildman–Crippen MR) is 69.7 cm³/mol. The summed E-state index contributed by atoms with van der Waals surface area (Å²) in [6.07, 6.45) is -0.610. The maximum absolute atomic E-state index is 13.5. The van der Waals surface area contributed by atoms with Crippen LogP contribution < -0.4 is 5.32 Å². The minimum atomic E-state index is -0.610. The summed E-state index contributed by atoms with van der Waals surface area (Å²) in [5.41, 5.74) is 0.638. The van der Waals surface area contributed by atoms with Crippen LogP contribution in [0.4, 0.5) is 14.9 Å². The van der Waals surface area contributed by atoms with E-state index >= 15 is 0 Å². The molecule has 0 saturated heterocycles. The highest BCUT2D eigenvalue weighted by Gasteiger charge is 2.11. The van der Waals surface area contributed by atoms with Crippen LogP contribution in [-0.2, 0) is 4.74 Å². The van der Waals surface area contributed by atoms with Crippen molar-refractivity contribution in [2.75, 3.05) is 32.6 Å². The summed E-state index contributed by atoms with van der Waals surface area (Å²) in [6, 6.07) is 2.92. The molecular formula is C12H16ClFN2O2. The third-order valence-electron chi connectivity index (χ3n) is 2.35. The Kier molecular flexibility index (Phi) is 5.37. The summed E-state index contributed by atoms with van der Waals surface area (Å²) in [6.45, 7) is 2.44. The van der Waals surface area contributed by atoms with Crippen molar-refractivity contribution in [3.8, 4) is 0 Å². The van der Waals surface area contributed by atoms with Crippen LogP contribution >= 0.6 is 11.6 Å². The number of halogens is 2. The van der Waals surface area contributed by atoms with Crippen molar-refractivity contribution in [3.63, 3.8) is 0 Å². The Labute approximate surface area is 111 Å². The normalized spacial score (nSPS) is 10.6. The fraction of sp³-hybridized carbons (Fsp3) is 0.417. The van der Waals surface area contributed by atoms with E-state index in [0.29, 0.717) is 12.2 Å². The van der Waals surface area contributed by atoms with Gasteiger partial charge in [0.25, 0.3) is 0 Å². The molecule has 4 nitrogen and oxygen atoms in total. The topological polar surface area (TPSA) is 41.6 Å². The van der Waals surface area contributed by atoms with Crippen LogP contribution in [0.1, 0.15) is 5.56 Å². The fourth-order valence-electron chi connectivity index (χ4n) is 1.25. The van der Waals surface area contributed by atoms with Crippen LogP contribution in [0.15, 0.2) is 12.1 Å². The number of carbonyl (C=O) groups is 1. The zero-order chi connectivity index (χ0) is 13.7. The highest BCUT2D eigenvalue weighted by Crippen LogP contribution is 2.24. The second kappa shape index (κ2) is 6.56. The molecule has 6 heteroatoms. The van der Waals surface area contributed by atoms with E-state index in [9.17, 15) is 9.18 Å². The number of benzene rings is 1. The van der Waals surface area contributed by atoms with Gasteiger partial charge in [-0.15, -0.1) is 0 Å². The number of amides is 1. The summed E-state index contributed by atoms with van der Waals surface area (Å²) in [7, 11) is 3.75. The van der Waals surface area contributed by atoms with Crippen molar-refractivity contribution in [2.24, 2.45) is 0 Å². The molecule has 1 aromatic rings. The van der Waals surface area contributed by atoms with Gasteiger partial charge in [-0.3, -0.25) is 5.32 Å². The number of anilines is 1. The summed E-state index contributed by atoms with van der Waals surface area (Å²) in [5, 5.41) is 2.50.